The van der Waals surface area contributed by atoms with Crippen LogP contribution >= 0.6 is 0 Å². The molecule has 0 amide bonds. The minimum atomic E-state index is 0.221. The van der Waals surface area contributed by atoms with Gasteiger partial charge in [0.2, 0.25) is 0 Å². The van der Waals surface area contributed by atoms with Crippen molar-refractivity contribution in [3.63, 3.8) is 0 Å². The minimum Gasteiger partial charge on any atom is -0.405 e. The van der Waals surface area contributed by atoms with Crippen LogP contribution < -0.4 is 5.73 Å². The zero-order valence-corrected chi connectivity index (χ0v) is 33.8. The fraction of sp³-hybridized carbons (Fsp3) is 0.167. The Hall–Kier alpha value is -6.65. The van der Waals surface area contributed by atoms with Gasteiger partial charge < -0.3 is 20.3 Å². The summed E-state index contributed by atoms with van der Waals surface area (Å²) in [6.45, 7) is 16.0. The normalized spacial score (nSPS) is 19.1. The third kappa shape index (κ3) is 4.91. The summed E-state index contributed by atoms with van der Waals surface area (Å²) >= 11 is 0. The fourth-order valence-corrected chi connectivity index (χ4v) is 10.5. The van der Waals surface area contributed by atoms with Crippen molar-refractivity contribution in [1.82, 2.24) is 9.13 Å². The quantitative estimate of drug-likeness (QED) is 0.124. The van der Waals surface area contributed by atoms with Gasteiger partial charge in [0.15, 0.2) is 0 Å². The molecule has 4 unspecified atom stereocenters. The predicted octanol–water partition coefficient (Wildman–Crippen LogP) is 14.1. The highest BCUT2D eigenvalue weighted by atomic mass is 15.0. The van der Waals surface area contributed by atoms with Crippen LogP contribution in [0.1, 0.15) is 91.7 Å². The second-order valence-electron chi connectivity index (χ2n) is 16.4. The van der Waals surface area contributed by atoms with E-state index in [1.165, 1.54) is 94.5 Å². The Bertz CT molecular complexity index is 3110. The molecule has 284 valence electrons. The lowest BCUT2D eigenvalue weighted by molar-refractivity contribution is 0.584. The van der Waals surface area contributed by atoms with Crippen LogP contribution in [0.2, 0.25) is 0 Å². The summed E-state index contributed by atoms with van der Waals surface area (Å²) in [5, 5.41) is 12.9. The van der Waals surface area contributed by atoms with Crippen molar-refractivity contribution in [2.24, 2.45) is 5.73 Å². The van der Waals surface area contributed by atoms with E-state index in [2.05, 4.69) is 166 Å². The molecular weight excluding hydrogens is 705 g/mol. The van der Waals surface area contributed by atoms with Gasteiger partial charge in [0.1, 0.15) is 0 Å². The lowest BCUT2D eigenvalue weighted by atomic mass is 9.62. The first kappa shape index (κ1) is 35.7. The SMILES string of the molecule is C=C/C(=C\C=N)c1ccc2c(c1)c1cc3c4c(c1n2-c1ccccc1)C(C)C(C)c1c-4c(cc2c4cc(C(/C=C\N)=C/C)ccc4n(-c4ccccc4)c12)C(C)C3C. The maximum atomic E-state index is 7.83. The van der Waals surface area contributed by atoms with Crippen LogP contribution in [0.3, 0.4) is 0 Å². The molecule has 58 heavy (non-hydrogen) atoms. The van der Waals surface area contributed by atoms with Crippen LogP contribution in [0.15, 0.2) is 146 Å². The van der Waals surface area contributed by atoms with Gasteiger partial charge >= 0.3 is 0 Å². The summed E-state index contributed by atoms with van der Waals surface area (Å²) in [6, 6.07) is 40.6. The number of hydrogen-bond donors (Lipinski definition) is 2. The monoisotopic (exact) mass is 752 g/mol. The third-order valence-corrected chi connectivity index (χ3v) is 13.6. The first-order chi connectivity index (χ1) is 28.3. The van der Waals surface area contributed by atoms with E-state index in [1.807, 2.05) is 18.2 Å². The van der Waals surface area contributed by atoms with Crippen LogP contribution in [-0.4, -0.2) is 15.3 Å². The topological polar surface area (TPSA) is 59.7 Å². The maximum absolute atomic E-state index is 7.83. The maximum Gasteiger partial charge on any atom is 0.0582 e. The molecular formula is C54H48N4. The summed E-state index contributed by atoms with van der Waals surface area (Å²) in [5.41, 5.74) is 26.2. The van der Waals surface area contributed by atoms with Gasteiger partial charge in [-0.2, -0.15) is 0 Å². The lowest BCUT2D eigenvalue weighted by Crippen LogP contribution is -2.24. The summed E-state index contributed by atoms with van der Waals surface area (Å²) in [5.74, 6) is 1.06. The zero-order valence-electron chi connectivity index (χ0n) is 33.8. The van der Waals surface area contributed by atoms with Gasteiger partial charge in [0.25, 0.3) is 0 Å². The van der Waals surface area contributed by atoms with Gasteiger partial charge in [-0.05, 0) is 165 Å². The summed E-state index contributed by atoms with van der Waals surface area (Å²) in [6.07, 6.45) is 10.8. The van der Waals surface area contributed by atoms with Crippen molar-refractivity contribution in [3.8, 4) is 22.5 Å². The van der Waals surface area contributed by atoms with E-state index in [0.29, 0.717) is 11.8 Å². The Labute approximate surface area is 340 Å². The second kappa shape index (κ2) is 13.5. The molecule has 4 nitrogen and oxygen atoms in total. The molecule has 3 N–H and O–H groups in total. The fourth-order valence-electron chi connectivity index (χ4n) is 10.5. The van der Waals surface area contributed by atoms with Crippen LogP contribution in [0.25, 0.3) is 77.3 Å². The van der Waals surface area contributed by atoms with E-state index >= 15 is 0 Å². The lowest BCUT2D eigenvalue weighted by Gasteiger charge is -2.42. The van der Waals surface area contributed by atoms with Crippen molar-refractivity contribution in [1.29, 1.82) is 5.41 Å². The van der Waals surface area contributed by atoms with Crippen LogP contribution in [0.5, 0.6) is 0 Å². The number of nitrogens with zero attached hydrogens (tertiary/aromatic N) is 2. The molecule has 2 aliphatic carbocycles. The Morgan fingerprint density at radius 3 is 1.48 bits per heavy atom. The third-order valence-electron chi connectivity index (χ3n) is 13.6. The highest BCUT2D eigenvalue weighted by Crippen LogP contribution is 2.61. The predicted molar refractivity (Wildman–Crippen MR) is 248 cm³/mol. The number of fused-ring (bicyclic) bond motifs is 8. The minimum absolute atomic E-state index is 0.221. The van der Waals surface area contributed by atoms with Crippen molar-refractivity contribution < 1.29 is 0 Å². The second-order valence-corrected chi connectivity index (χ2v) is 16.4. The average Bonchev–Trinajstić information content (AvgIpc) is 3.76. The first-order valence-corrected chi connectivity index (χ1v) is 20.6. The van der Waals surface area contributed by atoms with Gasteiger partial charge in [0, 0.05) is 39.1 Å². The number of para-hydroxylation sites is 2. The highest BCUT2D eigenvalue weighted by Gasteiger charge is 2.42. The number of nitrogens with two attached hydrogens (primary N) is 1. The highest BCUT2D eigenvalue weighted by molar-refractivity contribution is 6.17. The van der Waals surface area contributed by atoms with E-state index in [-0.39, 0.29) is 11.8 Å². The Morgan fingerprint density at radius 2 is 1.07 bits per heavy atom. The largest absolute Gasteiger partial charge is 0.405 e. The van der Waals surface area contributed by atoms with Crippen molar-refractivity contribution in [3.05, 3.63) is 180 Å². The van der Waals surface area contributed by atoms with Crippen LogP contribution in [0.4, 0.5) is 0 Å². The standard InChI is InChI=1S/C54H48N4/c1-7-35(23-25-55)37-19-21-47-43(27-37)45-29-41-31(3)32(4)42-30-46-44-28-38(36(8-2)24-26-56)20-22-48(44)58(40-17-13-10-14-18-40)54(46)50-34(6)33(5)49(51(41)52(42)50)53(45)57(47)39-15-11-9-12-16-39/h7-34,55H,1,56H2,2-6H3/b26-24-,35-23+,36-8+,55-25?. The molecule has 0 aliphatic heterocycles. The molecule has 0 saturated heterocycles. The molecule has 0 saturated carbocycles. The zero-order chi connectivity index (χ0) is 40.0. The van der Waals surface area contributed by atoms with Gasteiger partial charge in [0.05, 0.1) is 22.1 Å². The molecule has 2 aromatic heterocycles. The number of nitrogens with one attached hydrogen (secondary N) is 1. The van der Waals surface area contributed by atoms with Crippen LogP contribution in [0, 0.1) is 5.41 Å². The van der Waals surface area contributed by atoms with Gasteiger partial charge in [-0.25, -0.2) is 0 Å². The number of aromatic nitrogens is 2. The molecule has 4 atom stereocenters. The molecule has 6 aromatic carbocycles. The van der Waals surface area contributed by atoms with Crippen molar-refractivity contribution >= 4 is 61.0 Å². The molecule has 0 radical (unpaired) electrons. The molecule has 0 bridgehead atoms. The number of rotatable bonds is 7. The first-order valence-electron chi connectivity index (χ1n) is 20.6. The molecule has 2 heterocycles. The Balaban J connectivity index is 1.39. The summed E-state index contributed by atoms with van der Waals surface area (Å²) in [7, 11) is 0. The number of benzene rings is 6. The molecule has 10 rings (SSSR count). The van der Waals surface area contributed by atoms with Gasteiger partial charge in [-0.1, -0.05) is 95.0 Å². The van der Waals surface area contributed by atoms with Crippen molar-refractivity contribution in [2.75, 3.05) is 0 Å². The smallest absolute Gasteiger partial charge is 0.0582 e. The van der Waals surface area contributed by atoms with Crippen molar-refractivity contribution in [2.45, 2.75) is 58.3 Å². The van der Waals surface area contributed by atoms with E-state index < -0.39 is 0 Å². The molecule has 4 heteroatoms. The van der Waals surface area contributed by atoms with Gasteiger partial charge in [-0.15, -0.1) is 0 Å². The Morgan fingerprint density at radius 1 is 0.603 bits per heavy atom. The molecule has 8 aromatic rings. The molecule has 0 spiro atoms. The summed E-state index contributed by atoms with van der Waals surface area (Å²) in [4.78, 5) is 0. The van der Waals surface area contributed by atoms with E-state index in [0.717, 1.165) is 22.4 Å². The van der Waals surface area contributed by atoms with E-state index in [1.54, 1.807) is 6.20 Å². The number of hydrogen-bond acceptors (Lipinski definition) is 2. The number of allylic oxidation sites excluding steroid dienone is 6. The summed E-state index contributed by atoms with van der Waals surface area (Å²) < 4.78 is 5.05. The average molecular weight is 753 g/mol. The van der Waals surface area contributed by atoms with E-state index in [9.17, 15) is 0 Å². The van der Waals surface area contributed by atoms with E-state index in [4.69, 9.17) is 11.1 Å². The van der Waals surface area contributed by atoms with Gasteiger partial charge in [-0.3, -0.25) is 0 Å². The Kier molecular flexibility index (Phi) is 8.31. The molecule has 0 fully saturated rings. The van der Waals surface area contributed by atoms with Crippen LogP contribution in [-0.2, 0) is 0 Å². The molecule has 2 aliphatic rings.